The maximum Gasteiger partial charge on any atom is 0.191 e. The van der Waals surface area contributed by atoms with E-state index in [0.29, 0.717) is 19.0 Å². The van der Waals surface area contributed by atoms with E-state index < -0.39 is 9.84 Å². The van der Waals surface area contributed by atoms with Gasteiger partial charge >= 0.3 is 0 Å². The van der Waals surface area contributed by atoms with E-state index >= 15 is 0 Å². The first-order valence-electron chi connectivity index (χ1n) is 9.99. The Labute approximate surface area is 190 Å². The summed E-state index contributed by atoms with van der Waals surface area (Å²) in [5, 5.41) is 8.73. The second kappa shape index (κ2) is 11.1. The van der Waals surface area contributed by atoms with Gasteiger partial charge in [0.05, 0.1) is 24.1 Å². The molecule has 0 aromatic carbocycles. The van der Waals surface area contributed by atoms with E-state index in [1.165, 1.54) is 17.7 Å². The third kappa shape index (κ3) is 6.84. The van der Waals surface area contributed by atoms with Crippen LogP contribution in [0, 0.1) is 5.92 Å². The van der Waals surface area contributed by atoms with Crippen molar-refractivity contribution in [1.29, 1.82) is 0 Å². The number of piperidine rings is 1. The summed E-state index contributed by atoms with van der Waals surface area (Å²) in [6, 6.07) is 4.56. The number of nitrogens with one attached hydrogen (secondary N) is 2. The summed E-state index contributed by atoms with van der Waals surface area (Å²) in [4.78, 5) is 8.75. The van der Waals surface area contributed by atoms with Crippen molar-refractivity contribution in [2.45, 2.75) is 45.2 Å². The molecule has 1 aromatic rings. The molecule has 28 heavy (non-hydrogen) atoms. The average Bonchev–Trinajstić information content (AvgIpc) is 3.26. The first-order valence-corrected chi connectivity index (χ1v) is 12.7. The van der Waals surface area contributed by atoms with E-state index in [0.717, 1.165) is 31.5 Å². The van der Waals surface area contributed by atoms with Crippen molar-refractivity contribution in [3.05, 3.63) is 22.4 Å². The molecule has 160 valence electrons. The van der Waals surface area contributed by atoms with Crippen molar-refractivity contribution < 1.29 is 8.42 Å². The van der Waals surface area contributed by atoms with E-state index in [4.69, 9.17) is 4.99 Å². The Hall–Kier alpha value is -0.390. The number of aliphatic imine (C=N–C) groups is 1. The lowest BCUT2D eigenvalue weighted by molar-refractivity contribution is 0.143. The predicted octanol–water partition coefficient (Wildman–Crippen LogP) is 2.88. The Morgan fingerprint density at radius 3 is 2.68 bits per heavy atom. The van der Waals surface area contributed by atoms with Crippen LogP contribution in [0.15, 0.2) is 22.5 Å². The Balaban J connectivity index is 0.00000280. The Bertz CT molecular complexity index is 716. The number of rotatable bonds is 6. The van der Waals surface area contributed by atoms with Crippen LogP contribution in [0.4, 0.5) is 0 Å². The molecule has 6 nitrogen and oxygen atoms in total. The summed E-state index contributed by atoms with van der Waals surface area (Å²) in [5.41, 5.74) is 0. The zero-order valence-corrected chi connectivity index (χ0v) is 20.7. The standard InChI is InChI=1S/C19H32N4O2S2.HI/c1-3-20-19(22-16-8-12-27(24,25)14-16)21-13-17(18-5-4-11-26-18)23-9-6-15(2)7-10-23;/h4-5,11,15-17H,3,6-10,12-14H2,1-2H3,(H2,20,21,22);1H. The topological polar surface area (TPSA) is 73.8 Å². The number of nitrogens with zero attached hydrogens (tertiary/aromatic N) is 2. The monoisotopic (exact) mass is 540 g/mol. The first kappa shape index (κ1) is 23.9. The second-order valence-electron chi connectivity index (χ2n) is 7.71. The lowest BCUT2D eigenvalue weighted by atomic mass is 9.97. The lowest BCUT2D eigenvalue weighted by Gasteiger charge is -2.35. The third-order valence-corrected chi connectivity index (χ3v) is 8.21. The Kier molecular flexibility index (Phi) is 9.49. The molecule has 3 rings (SSSR count). The molecule has 3 heterocycles. The highest BCUT2D eigenvalue weighted by Gasteiger charge is 2.29. The summed E-state index contributed by atoms with van der Waals surface area (Å²) >= 11 is 1.79. The van der Waals surface area contributed by atoms with Crippen molar-refractivity contribution in [2.24, 2.45) is 10.9 Å². The zero-order valence-electron chi connectivity index (χ0n) is 16.8. The van der Waals surface area contributed by atoms with Crippen LogP contribution in [0.3, 0.4) is 0 Å². The van der Waals surface area contributed by atoms with Gasteiger partial charge in [0.1, 0.15) is 0 Å². The molecule has 0 bridgehead atoms. The number of hydrogen-bond acceptors (Lipinski definition) is 5. The summed E-state index contributed by atoms with van der Waals surface area (Å²) in [6.45, 7) is 8.04. The summed E-state index contributed by atoms with van der Waals surface area (Å²) in [5.74, 6) is 2.01. The molecule has 2 saturated heterocycles. The maximum atomic E-state index is 11.7. The quantitative estimate of drug-likeness (QED) is 0.330. The second-order valence-corrected chi connectivity index (χ2v) is 10.9. The van der Waals surface area contributed by atoms with Crippen LogP contribution in [0.25, 0.3) is 0 Å². The molecule has 2 fully saturated rings. The van der Waals surface area contributed by atoms with Crippen LogP contribution in [-0.4, -0.2) is 63.0 Å². The van der Waals surface area contributed by atoms with Gasteiger partial charge in [0, 0.05) is 17.5 Å². The zero-order chi connectivity index (χ0) is 19.3. The van der Waals surface area contributed by atoms with Gasteiger partial charge in [-0.3, -0.25) is 9.89 Å². The molecule has 0 radical (unpaired) electrons. The van der Waals surface area contributed by atoms with Gasteiger partial charge in [-0.1, -0.05) is 13.0 Å². The molecule has 0 spiro atoms. The molecule has 2 unspecified atom stereocenters. The van der Waals surface area contributed by atoms with Crippen LogP contribution in [0.5, 0.6) is 0 Å². The van der Waals surface area contributed by atoms with E-state index in [-0.39, 0.29) is 41.5 Å². The van der Waals surface area contributed by atoms with Gasteiger partial charge in [0.15, 0.2) is 15.8 Å². The van der Waals surface area contributed by atoms with E-state index in [9.17, 15) is 8.42 Å². The molecule has 2 aliphatic rings. The van der Waals surface area contributed by atoms with Gasteiger partial charge in [-0.05, 0) is 56.6 Å². The van der Waals surface area contributed by atoms with Gasteiger partial charge in [-0.15, -0.1) is 35.3 Å². The fraction of sp³-hybridized carbons (Fsp3) is 0.737. The predicted molar refractivity (Wildman–Crippen MR) is 129 cm³/mol. The molecular weight excluding hydrogens is 507 g/mol. The van der Waals surface area contributed by atoms with E-state index in [1.54, 1.807) is 11.3 Å². The maximum absolute atomic E-state index is 11.7. The number of halogens is 1. The van der Waals surface area contributed by atoms with Gasteiger partial charge in [0.25, 0.3) is 0 Å². The summed E-state index contributed by atoms with van der Waals surface area (Å²) in [6.07, 6.45) is 3.14. The van der Waals surface area contributed by atoms with Gasteiger partial charge in [-0.25, -0.2) is 8.42 Å². The highest BCUT2D eigenvalue weighted by atomic mass is 127. The molecule has 0 amide bonds. The largest absolute Gasteiger partial charge is 0.357 e. The molecule has 2 N–H and O–H groups in total. The molecule has 9 heteroatoms. The number of sulfone groups is 1. The summed E-state index contributed by atoms with van der Waals surface area (Å²) < 4.78 is 23.5. The average molecular weight is 541 g/mol. The van der Waals surface area contributed by atoms with Crippen molar-refractivity contribution in [1.82, 2.24) is 15.5 Å². The van der Waals surface area contributed by atoms with Crippen molar-refractivity contribution in [2.75, 3.05) is 37.7 Å². The minimum Gasteiger partial charge on any atom is -0.357 e. The van der Waals surface area contributed by atoms with Crippen LogP contribution in [0.2, 0.25) is 0 Å². The lowest BCUT2D eigenvalue weighted by Crippen LogP contribution is -2.44. The van der Waals surface area contributed by atoms with Gasteiger partial charge < -0.3 is 10.6 Å². The van der Waals surface area contributed by atoms with Gasteiger partial charge in [-0.2, -0.15) is 0 Å². The fourth-order valence-corrected chi connectivity index (χ4v) is 6.33. The van der Waals surface area contributed by atoms with Crippen LogP contribution < -0.4 is 10.6 Å². The fourth-order valence-electron chi connectivity index (χ4n) is 3.81. The minimum atomic E-state index is -2.90. The highest BCUT2D eigenvalue weighted by molar-refractivity contribution is 14.0. The smallest absolute Gasteiger partial charge is 0.191 e. The number of likely N-dealkylation sites (tertiary alicyclic amines) is 1. The Morgan fingerprint density at radius 1 is 1.36 bits per heavy atom. The molecule has 0 saturated carbocycles. The first-order chi connectivity index (χ1) is 13.0. The van der Waals surface area contributed by atoms with Crippen molar-refractivity contribution in [3.8, 4) is 0 Å². The van der Waals surface area contributed by atoms with E-state index in [2.05, 4.69) is 40.0 Å². The molecular formula is C19H33IN4O2S2. The molecule has 2 aliphatic heterocycles. The van der Waals surface area contributed by atoms with Crippen LogP contribution >= 0.6 is 35.3 Å². The van der Waals surface area contributed by atoms with E-state index in [1.807, 2.05) is 6.92 Å². The minimum absolute atomic E-state index is 0. The summed E-state index contributed by atoms with van der Waals surface area (Å²) in [7, 11) is -2.90. The van der Waals surface area contributed by atoms with Crippen LogP contribution in [0.1, 0.15) is 44.0 Å². The Morgan fingerprint density at radius 2 is 2.11 bits per heavy atom. The highest BCUT2D eigenvalue weighted by Crippen LogP contribution is 2.29. The van der Waals surface area contributed by atoms with Crippen molar-refractivity contribution in [3.63, 3.8) is 0 Å². The van der Waals surface area contributed by atoms with Crippen LogP contribution in [-0.2, 0) is 9.84 Å². The molecule has 1 aromatic heterocycles. The number of thiophene rings is 1. The molecule has 0 aliphatic carbocycles. The van der Waals surface area contributed by atoms with Gasteiger partial charge in [0.2, 0.25) is 0 Å². The number of guanidine groups is 1. The SMILES string of the molecule is CCNC(=NCC(c1cccs1)N1CCC(C)CC1)NC1CCS(=O)(=O)C1.I. The normalized spacial score (nSPS) is 24.5. The molecule has 2 atom stereocenters. The van der Waals surface area contributed by atoms with Crippen molar-refractivity contribution >= 4 is 51.1 Å². The third-order valence-electron chi connectivity index (χ3n) is 5.47. The number of hydrogen-bond donors (Lipinski definition) is 2.